The van der Waals surface area contributed by atoms with Crippen LogP contribution in [0.5, 0.6) is 0 Å². The molecular formula is C8H5NO3. The summed E-state index contributed by atoms with van der Waals surface area (Å²) in [4.78, 5) is 10.3. The van der Waals surface area contributed by atoms with Gasteiger partial charge in [-0.2, -0.15) is 5.26 Å². The van der Waals surface area contributed by atoms with E-state index >= 15 is 0 Å². The number of rotatable bonds is 2. The molecule has 0 aliphatic heterocycles. The van der Waals surface area contributed by atoms with E-state index in [4.69, 9.17) is 14.8 Å². The molecule has 1 aromatic heterocycles. The van der Waals surface area contributed by atoms with Gasteiger partial charge >= 0.3 is 5.97 Å². The number of hydrogen-bond acceptors (Lipinski definition) is 3. The minimum Gasteiger partial charge on any atom is -0.477 e. The molecule has 0 radical (unpaired) electrons. The van der Waals surface area contributed by atoms with Crippen LogP contribution in [0.3, 0.4) is 0 Å². The molecule has 1 rings (SSSR count). The van der Waals surface area contributed by atoms with E-state index in [0.717, 1.165) is 0 Å². The largest absolute Gasteiger partial charge is 0.477 e. The number of carboxylic acids is 1. The summed E-state index contributed by atoms with van der Waals surface area (Å²) in [5.41, 5.74) is -0.343. The third-order valence-corrected chi connectivity index (χ3v) is 1.18. The molecule has 4 nitrogen and oxygen atoms in total. The average Bonchev–Trinajstić information content (AvgIpc) is 2.51. The first-order valence-electron chi connectivity index (χ1n) is 3.12. The molecule has 0 aliphatic carbocycles. The normalized spacial score (nSPS) is 10.8. The first-order chi connectivity index (χ1) is 5.74. The Morgan fingerprint density at radius 3 is 2.92 bits per heavy atom. The highest BCUT2D eigenvalue weighted by atomic mass is 16.4. The maximum absolute atomic E-state index is 10.3. The Hall–Kier alpha value is -2.02. The lowest BCUT2D eigenvalue weighted by atomic mass is 10.2. The molecule has 0 saturated carbocycles. The predicted molar refractivity (Wildman–Crippen MR) is 39.9 cm³/mol. The Labute approximate surface area is 68.3 Å². The molecule has 0 atom stereocenters. The summed E-state index contributed by atoms with van der Waals surface area (Å²) in [5, 5.41) is 16.8. The minimum absolute atomic E-state index is 0.343. The molecule has 0 saturated heterocycles. The maximum atomic E-state index is 10.3. The van der Waals surface area contributed by atoms with E-state index in [0.29, 0.717) is 5.76 Å². The van der Waals surface area contributed by atoms with Gasteiger partial charge < -0.3 is 9.52 Å². The summed E-state index contributed by atoms with van der Waals surface area (Å²) >= 11 is 0. The van der Waals surface area contributed by atoms with Crippen molar-refractivity contribution in [3.05, 3.63) is 29.7 Å². The van der Waals surface area contributed by atoms with Crippen LogP contribution in [0, 0.1) is 11.3 Å². The van der Waals surface area contributed by atoms with Crippen LogP contribution in [-0.2, 0) is 4.79 Å². The lowest BCUT2D eigenvalue weighted by Crippen LogP contribution is -1.96. The van der Waals surface area contributed by atoms with Gasteiger partial charge in [-0.25, -0.2) is 4.79 Å². The van der Waals surface area contributed by atoms with E-state index in [-0.39, 0.29) is 5.57 Å². The first-order valence-corrected chi connectivity index (χ1v) is 3.12. The fourth-order valence-electron chi connectivity index (χ4n) is 0.657. The number of carbonyl (C=O) groups is 1. The van der Waals surface area contributed by atoms with E-state index in [1.807, 2.05) is 0 Å². The van der Waals surface area contributed by atoms with Crippen molar-refractivity contribution in [1.82, 2.24) is 0 Å². The van der Waals surface area contributed by atoms with Crippen molar-refractivity contribution in [2.45, 2.75) is 0 Å². The molecule has 0 unspecified atom stereocenters. The highest BCUT2D eigenvalue weighted by Crippen LogP contribution is 2.06. The maximum Gasteiger partial charge on any atom is 0.346 e. The number of aliphatic carboxylic acids is 1. The summed E-state index contributed by atoms with van der Waals surface area (Å²) in [6.07, 6.45) is 2.57. The Morgan fingerprint density at radius 1 is 1.75 bits per heavy atom. The first kappa shape index (κ1) is 8.08. The predicted octanol–water partition coefficient (Wildman–Crippen LogP) is 1.27. The van der Waals surface area contributed by atoms with Gasteiger partial charge in [0.05, 0.1) is 6.26 Å². The van der Waals surface area contributed by atoms with E-state index in [9.17, 15) is 4.79 Å². The van der Waals surface area contributed by atoms with Crippen LogP contribution < -0.4 is 0 Å². The lowest BCUT2D eigenvalue weighted by Gasteiger charge is -1.86. The van der Waals surface area contributed by atoms with Gasteiger partial charge in [-0.05, 0) is 12.1 Å². The van der Waals surface area contributed by atoms with Crippen LogP contribution in [0.1, 0.15) is 5.76 Å². The van der Waals surface area contributed by atoms with Crippen molar-refractivity contribution in [3.8, 4) is 6.07 Å². The molecule has 1 N–H and O–H groups in total. The van der Waals surface area contributed by atoms with Crippen LogP contribution in [-0.4, -0.2) is 11.1 Å². The number of nitrogens with zero attached hydrogens (tertiary/aromatic N) is 1. The quantitative estimate of drug-likeness (QED) is 0.526. The smallest absolute Gasteiger partial charge is 0.346 e. The molecule has 0 aromatic carbocycles. The second-order valence-electron chi connectivity index (χ2n) is 1.99. The number of hydrogen-bond donors (Lipinski definition) is 1. The van der Waals surface area contributed by atoms with Gasteiger partial charge in [-0.15, -0.1) is 0 Å². The molecule has 4 heteroatoms. The van der Waals surface area contributed by atoms with Crippen molar-refractivity contribution in [3.63, 3.8) is 0 Å². The number of furan rings is 1. The van der Waals surface area contributed by atoms with E-state index < -0.39 is 5.97 Å². The molecule has 0 aliphatic rings. The monoisotopic (exact) mass is 163 g/mol. The standard InChI is InChI=1S/C8H5NO3/c9-5-6(8(10)11)4-7-2-1-3-12-7/h1-4H,(H,10,11)/b6-4-. The third-order valence-electron chi connectivity index (χ3n) is 1.18. The van der Waals surface area contributed by atoms with Crippen molar-refractivity contribution >= 4 is 12.0 Å². The van der Waals surface area contributed by atoms with Crippen molar-refractivity contribution in [1.29, 1.82) is 5.26 Å². The molecular weight excluding hydrogens is 158 g/mol. The topological polar surface area (TPSA) is 74.2 Å². The summed E-state index contributed by atoms with van der Waals surface area (Å²) in [6, 6.07) is 4.72. The third kappa shape index (κ3) is 1.73. The fourth-order valence-corrected chi connectivity index (χ4v) is 0.657. The van der Waals surface area contributed by atoms with Gasteiger partial charge in [-0.1, -0.05) is 0 Å². The number of carboxylic acid groups (broad SMARTS) is 1. The molecule has 1 aromatic rings. The molecule has 60 valence electrons. The fraction of sp³-hybridized carbons (Fsp3) is 0. The van der Waals surface area contributed by atoms with E-state index in [2.05, 4.69) is 0 Å². The van der Waals surface area contributed by atoms with Gasteiger partial charge in [-0.3, -0.25) is 0 Å². The average molecular weight is 163 g/mol. The molecule has 1 heterocycles. The van der Waals surface area contributed by atoms with E-state index in [1.54, 1.807) is 18.2 Å². The highest BCUT2D eigenvalue weighted by Gasteiger charge is 2.05. The molecule has 0 bridgehead atoms. The zero-order chi connectivity index (χ0) is 8.97. The Balaban J connectivity index is 2.95. The van der Waals surface area contributed by atoms with Gasteiger partial charge in [0.15, 0.2) is 0 Å². The number of nitriles is 1. The van der Waals surface area contributed by atoms with Gasteiger partial charge in [0.1, 0.15) is 17.4 Å². The molecule has 0 spiro atoms. The van der Waals surface area contributed by atoms with Crippen LogP contribution >= 0.6 is 0 Å². The van der Waals surface area contributed by atoms with Gasteiger partial charge in [0.2, 0.25) is 0 Å². The van der Waals surface area contributed by atoms with Crippen LogP contribution in [0.15, 0.2) is 28.4 Å². The minimum atomic E-state index is -1.26. The Bertz CT molecular complexity index is 343. The summed E-state index contributed by atoms with van der Waals surface area (Å²) in [7, 11) is 0. The van der Waals surface area contributed by atoms with Gasteiger partial charge in [0.25, 0.3) is 0 Å². The second-order valence-corrected chi connectivity index (χ2v) is 1.99. The molecule has 12 heavy (non-hydrogen) atoms. The van der Waals surface area contributed by atoms with Gasteiger partial charge in [0, 0.05) is 6.08 Å². The molecule has 0 fully saturated rings. The SMILES string of the molecule is N#C/C(=C/c1ccco1)C(=O)O. The Morgan fingerprint density at radius 2 is 2.50 bits per heavy atom. The van der Waals surface area contributed by atoms with Crippen molar-refractivity contribution in [2.75, 3.05) is 0 Å². The Kier molecular flexibility index (Phi) is 2.29. The van der Waals surface area contributed by atoms with E-state index in [1.165, 1.54) is 12.3 Å². The zero-order valence-electron chi connectivity index (χ0n) is 6.02. The summed E-state index contributed by atoms with van der Waals surface area (Å²) in [5.74, 6) is -0.900. The van der Waals surface area contributed by atoms with Crippen LogP contribution in [0.4, 0.5) is 0 Å². The van der Waals surface area contributed by atoms with Crippen LogP contribution in [0.25, 0.3) is 6.08 Å². The lowest BCUT2D eigenvalue weighted by molar-refractivity contribution is -0.132. The summed E-state index contributed by atoms with van der Waals surface area (Å²) < 4.78 is 4.83. The molecule has 0 amide bonds. The second kappa shape index (κ2) is 3.39. The van der Waals surface area contributed by atoms with Crippen molar-refractivity contribution < 1.29 is 14.3 Å². The highest BCUT2D eigenvalue weighted by molar-refractivity contribution is 5.96. The zero-order valence-corrected chi connectivity index (χ0v) is 6.02. The van der Waals surface area contributed by atoms with Crippen molar-refractivity contribution in [2.24, 2.45) is 0 Å². The summed E-state index contributed by atoms with van der Waals surface area (Å²) in [6.45, 7) is 0. The van der Waals surface area contributed by atoms with Crippen LogP contribution in [0.2, 0.25) is 0 Å².